The summed E-state index contributed by atoms with van der Waals surface area (Å²) in [6.07, 6.45) is 11.7. The van der Waals surface area contributed by atoms with Crippen LogP contribution in [0.2, 0.25) is 0 Å². The molecule has 330 valence electrons. The van der Waals surface area contributed by atoms with Gasteiger partial charge in [0.1, 0.15) is 17.2 Å². The standard InChI is InChI=1S/C22H26O.C21H24O.C18H18O/c1-3-5-6-7-19-8-10-20(11-9-19)12-13-21-14-16-22(17-15-21)23-18-4-2;1-3-5-6-18-7-9-19(10-8-18)11-12-20-13-15-21(16-14-20)22-17-4-2;1-3-14-19-18-12-10-17(11-13-18)9-8-16-6-4-15(2)5-7-16/h8-11,14-17H,3-7,18H2,1-2H3;7-10,13-16H,3-6,17H2,1-2H3;4-7,10-13H,3,14H2,1-2H3. The SMILES string of the molecule is CCCCCc1ccc(C#Cc2ccc(OCCC)cc2)cc1.CCCCc1ccc(C#Cc2ccc(OCCC)cc2)cc1.CCCOc1ccc(C#Cc2ccc(C)cc2)cc1. The molecule has 3 nitrogen and oxygen atoms in total. The van der Waals surface area contributed by atoms with E-state index in [0.717, 1.165) is 96.1 Å². The Balaban J connectivity index is 0.000000211. The normalized spacial score (nSPS) is 9.84. The molecule has 0 aliphatic carbocycles. The van der Waals surface area contributed by atoms with Crippen LogP contribution in [-0.2, 0) is 12.8 Å². The monoisotopic (exact) mass is 849 g/mol. The van der Waals surface area contributed by atoms with Crippen LogP contribution in [0.5, 0.6) is 17.2 Å². The molecular weight excluding hydrogens is 781 g/mol. The lowest BCUT2D eigenvalue weighted by Gasteiger charge is -2.03. The maximum atomic E-state index is 5.58. The van der Waals surface area contributed by atoms with E-state index in [1.165, 1.54) is 55.2 Å². The molecule has 0 saturated carbocycles. The molecule has 0 saturated heterocycles. The minimum atomic E-state index is 0.758. The molecule has 0 radical (unpaired) electrons. The molecule has 0 spiro atoms. The second-order valence-electron chi connectivity index (χ2n) is 15.7. The van der Waals surface area contributed by atoms with Gasteiger partial charge >= 0.3 is 0 Å². The number of benzene rings is 6. The Labute approximate surface area is 386 Å². The first-order valence-electron chi connectivity index (χ1n) is 23.4. The molecule has 6 aromatic carbocycles. The Morgan fingerprint density at radius 2 is 0.562 bits per heavy atom. The van der Waals surface area contributed by atoms with Crippen molar-refractivity contribution in [3.8, 4) is 52.8 Å². The molecule has 64 heavy (non-hydrogen) atoms. The first kappa shape index (κ1) is 50.0. The van der Waals surface area contributed by atoms with E-state index in [-0.39, 0.29) is 0 Å². The third-order valence-corrected chi connectivity index (χ3v) is 9.88. The zero-order chi connectivity index (χ0) is 45.5. The summed E-state index contributed by atoms with van der Waals surface area (Å²) in [5, 5.41) is 0. The predicted octanol–water partition coefficient (Wildman–Crippen LogP) is 15.0. The van der Waals surface area contributed by atoms with E-state index in [4.69, 9.17) is 14.2 Å². The van der Waals surface area contributed by atoms with E-state index in [1.807, 2.05) is 84.9 Å². The highest BCUT2D eigenvalue weighted by Gasteiger charge is 1.98. The molecule has 0 heterocycles. The van der Waals surface area contributed by atoms with Crippen molar-refractivity contribution in [1.29, 1.82) is 0 Å². The summed E-state index contributed by atoms with van der Waals surface area (Å²) in [4.78, 5) is 0. The Bertz CT molecular complexity index is 2300. The molecule has 0 unspecified atom stereocenters. The molecule has 0 aliphatic rings. The van der Waals surface area contributed by atoms with Gasteiger partial charge in [0.25, 0.3) is 0 Å². The lowest BCUT2D eigenvalue weighted by molar-refractivity contribution is 0.317. The van der Waals surface area contributed by atoms with Gasteiger partial charge in [0.15, 0.2) is 0 Å². The van der Waals surface area contributed by atoms with E-state index in [2.05, 4.69) is 138 Å². The molecule has 3 heteroatoms. The smallest absolute Gasteiger partial charge is 0.119 e. The van der Waals surface area contributed by atoms with Crippen LogP contribution < -0.4 is 14.2 Å². The maximum absolute atomic E-state index is 5.58. The van der Waals surface area contributed by atoms with Crippen molar-refractivity contribution in [2.75, 3.05) is 19.8 Å². The third kappa shape index (κ3) is 20.5. The molecule has 0 amide bonds. The fourth-order valence-electron chi connectivity index (χ4n) is 6.10. The molecule has 0 bridgehead atoms. The van der Waals surface area contributed by atoms with Crippen molar-refractivity contribution >= 4 is 0 Å². The number of unbranched alkanes of at least 4 members (excludes halogenated alkanes) is 3. The minimum absolute atomic E-state index is 0.758. The summed E-state index contributed by atoms with van der Waals surface area (Å²) in [5.41, 5.74) is 10.2. The summed E-state index contributed by atoms with van der Waals surface area (Å²) < 4.78 is 16.7. The van der Waals surface area contributed by atoms with Gasteiger partial charge in [0, 0.05) is 33.4 Å². The van der Waals surface area contributed by atoms with Gasteiger partial charge in [-0.3, -0.25) is 0 Å². The second-order valence-corrected chi connectivity index (χ2v) is 15.7. The molecule has 0 fully saturated rings. The fourth-order valence-corrected chi connectivity index (χ4v) is 6.10. The summed E-state index contributed by atoms with van der Waals surface area (Å²) in [5.74, 6) is 21.9. The van der Waals surface area contributed by atoms with Crippen molar-refractivity contribution in [3.05, 3.63) is 196 Å². The van der Waals surface area contributed by atoms with Crippen molar-refractivity contribution in [2.24, 2.45) is 0 Å². The second kappa shape index (κ2) is 30.4. The van der Waals surface area contributed by atoms with Crippen LogP contribution in [-0.4, -0.2) is 19.8 Å². The fraction of sp³-hybridized carbons (Fsp3) is 0.311. The van der Waals surface area contributed by atoms with Crippen LogP contribution in [0.4, 0.5) is 0 Å². The summed E-state index contributed by atoms with van der Waals surface area (Å²) in [6.45, 7) is 15.1. The van der Waals surface area contributed by atoms with Gasteiger partial charge in [-0.05, 0) is 172 Å². The van der Waals surface area contributed by atoms with E-state index in [9.17, 15) is 0 Å². The highest BCUT2D eigenvalue weighted by molar-refractivity contribution is 5.47. The van der Waals surface area contributed by atoms with Crippen LogP contribution in [0, 0.1) is 42.4 Å². The largest absolute Gasteiger partial charge is 0.494 e. The Morgan fingerprint density at radius 1 is 0.297 bits per heavy atom. The van der Waals surface area contributed by atoms with E-state index in [0.29, 0.717) is 0 Å². The van der Waals surface area contributed by atoms with Gasteiger partial charge in [-0.15, -0.1) is 0 Å². The predicted molar refractivity (Wildman–Crippen MR) is 271 cm³/mol. The summed E-state index contributed by atoms with van der Waals surface area (Å²) in [7, 11) is 0. The van der Waals surface area contributed by atoms with E-state index >= 15 is 0 Å². The number of hydrogen-bond acceptors (Lipinski definition) is 3. The zero-order valence-corrected chi connectivity index (χ0v) is 39.3. The molecule has 0 aromatic heterocycles. The Kier molecular flexibility index (Phi) is 23.8. The average Bonchev–Trinajstić information content (AvgIpc) is 3.34. The number of hydrogen-bond donors (Lipinski definition) is 0. The molecular formula is C61H68O3. The molecule has 0 atom stereocenters. The minimum Gasteiger partial charge on any atom is -0.494 e. The Hall–Kier alpha value is -6.60. The molecule has 0 aliphatic heterocycles. The van der Waals surface area contributed by atoms with E-state index in [1.54, 1.807) is 0 Å². The van der Waals surface area contributed by atoms with E-state index < -0.39 is 0 Å². The number of ether oxygens (including phenoxy) is 3. The van der Waals surface area contributed by atoms with Crippen molar-refractivity contribution in [2.45, 2.75) is 106 Å². The number of rotatable bonds is 16. The topological polar surface area (TPSA) is 27.7 Å². The molecule has 6 rings (SSSR count). The van der Waals surface area contributed by atoms with Crippen LogP contribution in [0.1, 0.15) is 136 Å². The van der Waals surface area contributed by atoms with Gasteiger partial charge in [-0.1, -0.05) is 131 Å². The highest BCUT2D eigenvalue weighted by Crippen LogP contribution is 2.15. The lowest BCUT2D eigenvalue weighted by Crippen LogP contribution is -1.94. The van der Waals surface area contributed by atoms with Crippen molar-refractivity contribution in [3.63, 3.8) is 0 Å². The average molecular weight is 849 g/mol. The first-order chi connectivity index (χ1) is 31.4. The quantitative estimate of drug-likeness (QED) is 0.0717. The summed E-state index contributed by atoms with van der Waals surface area (Å²) >= 11 is 0. The van der Waals surface area contributed by atoms with Gasteiger partial charge in [-0.2, -0.15) is 0 Å². The number of aryl methyl sites for hydroxylation is 3. The Morgan fingerprint density at radius 3 is 0.844 bits per heavy atom. The molecule has 0 N–H and O–H groups in total. The van der Waals surface area contributed by atoms with Crippen LogP contribution in [0.25, 0.3) is 0 Å². The third-order valence-electron chi connectivity index (χ3n) is 9.88. The van der Waals surface area contributed by atoms with Crippen molar-refractivity contribution < 1.29 is 14.2 Å². The van der Waals surface area contributed by atoms with Crippen LogP contribution in [0.3, 0.4) is 0 Å². The van der Waals surface area contributed by atoms with Gasteiger partial charge in [0.2, 0.25) is 0 Å². The highest BCUT2D eigenvalue weighted by atomic mass is 16.5. The van der Waals surface area contributed by atoms with Crippen LogP contribution >= 0.6 is 0 Å². The maximum Gasteiger partial charge on any atom is 0.119 e. The lowest BCUT2D eigenvalue weighted by atomic mass is 10.1. The van der Waals surface area contributed by atoms with Gasteiger partial charge < -0.3 is 14.2 Å². The summed E-state index contributed by atoms with van der Waals surface area (Å²) in [6, 6.07) is 49.3. The van der Waals surface area contributed by atoms with Crippen molar-refractivity contribution in [1.82, 2.24) is 0 Å². The van der Waals surface area contributed by atoms with Gasteiger partial charge in [0.05, 0.1) is 19.8 Å². The first-order valence-corrected chi connectivity index (χ1v) is 23.4. The molecule has 6 aromatic rings. The van der Waals surface area contributed by atoms with Gasteiger partial charge in [-0.25, -0.2) is 0 Å². The zero-order valence-electron chi connectivity index (χ0n) is 39.3. The van der Waals surface area contributed by atoms with Crippen LogP contribution in [0.15, 0.2) is 146 Å².